The predicted octanol–water partition coefficient (Wildman–Crippen LogP) is 1.63. The molecular weight excluding hydrogens is 240 g/mol. The van der Waals surface area contributed by atoms with Crippen molar-refractivity contribution < 1.29 is 9.47 Å². The molecule has 2 rings (SSSR count). The Morgan fingerprint density at radius 3 is 3.05 bits per heavy atom. The van der Waals surface area contributed by atoms with Crippen LogP contribution in [-0.2, 0) is 11.3 Å². The van der Waals surface area contributed by atoms with E-state index in [9.17, 15) is 0 Å². The number of methoxy groups -OCH3 is 1. The number of ether oxygens (including phenoxy) is 2. The van der Waals surface area contributed by atoms with Crippen molar-refractivity contribution in [1.29, 1.82) is 0 Å². The van der Waals surface area contributed by atoms with Crippen LogP contribution in [0.1, 0.15) is 18.4 Å². The first kappa shape index (κ1) is 14.3. The van der Waals surface area contributed by atoms with Gasteiger partial charge in [-0.2, -0.15) is 0 Å². The summed E-state index contributed by atoms with van der Waals surface area (Å²) in [6.07, 6.45) is 2.61. The molecule has 106 valence electrons. The first-order valence-corrected chi connectivity index (χ1v) is 6.99. The van der Waals surface area contributed by atoms with Crippen LogP contribution in [0.2, 0.25) is 0 Å². The molecule has 2 N–H and O–H groups in total. The molecule has 1 aliphatic rings. The van der Waals surface area contributed by atoms with Crippen LogP contribution in [0, 0.1) is 0 Å². The maximum absolute atomic E-state index is 5.75. The van der Waals surface area contributed by atoms with Gasteiger partial charge in [-0.3, -0.25) is 0 Å². The minimum Gasteiger partial charge on any atom is -0.494 e. The molecule has 1 aromatic rings. The van der Waals surface area contributed by atoms with Crippen LogP contribution >= 0.6 is 0 Å². The molecule has 1 saturated heterocycles. The van der Waals surface area contributed by atoms with E-state index in [1.54, 1.807) is 7.11 Å². The van der Waals surface area contributed by atoms with E-state index in [0.29, 0.717) is 12.6 Å². The second-order valence-corrected chi connectivity index (χ2v) is 5.00. The number of nitrogens with zero attached hydrogens (tertiary/aromatic N) is 1. The largest absolute Gasteiger partial charge is 0.494 e. The lowest BCUT2D eigenvalue weighted by Crippen LogP contribution is -2.25. The average Bonchev–Trinajstić information content (AvgIpc) is 2.92. The molecule has 0 radical (unpaired) electrons. The molecule has 0 aromatic heterocycles. The molecule has 0 bridgehead atoms. The molecule has 0 saturated carbocycles. The van der Waals surface area contributed by atoms with E-state index in [-0.39, 0.29) is 0 Å². The van der Waals surface area contributed by atoms with Gasteiger partial charge in [0, 0.05) is 33.3 Å². The fourth-order valence-electron chi connectivity index (χ4n) is 2.43. The summed E-state index contributed by atoms with van der Waals surface area (Å²) < 4.78 is 11.1. The molecule has 1 aromatic carbocycles. The number of likely N-dealkylation sites (tertiary alicyclic amines) is 1. The van der Waals surface area contributed by atoms with Gasteiger partial charge in [0.05, 0.1) is 12.7 Å². The highest BCUT2D eigenvalue weighted by molar-refractivity contribution is 5.28. The van der Waals surface area contributed by atoms with Crippen molar-refractivity contribution in [2.24, 2.45) is 5.73 Å². The van der Waals surface area contributed by atoms with Crippen molar-refractivity contribution in [2.45, 2.75) is 25.5 Å². The zero-order valence-electron chi connectivity index (χ0n) is 11.7. The van der Waals surface area contributed by atoms with Gasteiger partial charge in [0.2, 0.25) is 0 Å². The Hall–Kier alpha value is -1.10. The zero-order valence-corrected chi connectivity index (χ0v) is 11.7. The van der Waals surface area contributed by atoms with Crippen molar-refractivity contribution in [1.82, 2.24) is 4.90 Å². The number of benzene rings is 1. The molecule has 1 fully saturated rings. The summed E-state index contributed by atoms with van der Waals surface area (Å²) >= 11 is 0. The third-order valence-electron chi connectivity index (χ3n) is 3.58. The van der Waals surface area contributed by atoms with Crippen molar-refractivity contribution >= 4 is 0 Å². The van der Waals surface area contributed by atoms with Crippen LogP contribution in [0.4, 0.5) is 0 Å². The average molecular weight is 264 g/mol. The molecule has 1 unspecified atom stereocenters. The van der Waals surface area contributed by atoms with Crippen LogP contribution in [0.5, 0.6) is 5.75 Å². The lowest BCUT2D eigenvalue weighted by atomic mass is 10.2. The second kappa shape index (κ2) is 7.48. The van der Waals surface area contributed by atoms with Gasteiger partial charge in [0.1, 0.15) is 5.75 Å². The first-order valence-electron chi connectivity index (χ1n) is 6.99. The third-order valence-corrected chi connectivity index (χ3v) is 3.58. The minimum absolute atomic E-state index is 0.419. The summed E-state index contributed by atoms with van der Waals surface area (Å²) in [6, 6.07) is 8.00. The minimum atomic E-state index is 0.419. The highest BCUT2D eigenvalue weighted by Crippen LogP contribution is 2.14. The Morgan fingerprint density at radius 1 is 1.42 bits per heavy atom. The van der Waals surface area contributed by atoms with Gasteiger partial charge in [0.15, 0.2) is 0 Å². The number of nitrogens with two attached hydrogens (primary N) is 1. The van der Waals surface area contributed by atoms with Gasteiger partial charge in [-0.05, 0) is 30.5 Å². The monoisotopic (exact) mass is 264 g/mol. The SMILES string of the molecule is COC1CCN(CCCOc2cccc(CN)c2)C1. The van der Waals surface area contributed by atoms with E-state index in [4.69, 9.17) is 15.2 Å². The maximum Gasteiger partial charge on any atom is 0.119 e. The molecule has 1 heterocycles. The normalized spacial score (nSPS) is 19.8. The van der Waals surface area contributed by atoms with Crippen LogP contribution in [-0.4, -0.2) is 44.4 Å². The number of hydrogen-bond acceptors (Lipinski definition) is 4. The van der Waals surface area contributed by atoms with Crippen LogP contribution in [0.15, 0.2) is 24.3 Å². The van der Waals surface area contributed by atoms with Crippen LogP contribution < -0.4 is 10.5 Å². The third kappa shape index (κ3) is 4.49. The quantitative estimate of drug-likeness (QED) is 0.761. The van der Waals surface area contributed by atoms with Gasteiger partial charge in [-0.1, -0.05) is 12.1 Å². The van der Waals surface area contributed by atoms with E-state index in [0.717, 1.165) is 50.4 Å². The van der Waals surface area contributed by atoms with E-state index < -0.39 is 0 Å². The topological polar surface area (TPSA) is 47.7 Å². The molecular formula is C15H24N2O2. The molecule has 4 nitrogen and oxygen atoms in total. The van der Waals surface area contributed by atoms with E-state index in [1.165, 1.54) is 0 Å². The molecule has 1 atom stereocenters. The van der Waals surface area contributed by atoms with Crippen LogP contribution in [0.3, 0.4) is 0 Å². The molecule has 0 spiro atoms. The zero-order chi connectivity index (χ0) is 13.5. The van der Waals surface area contributed by atoms with Gasteiger partial charge in [-0.25, -0.2) is 0 Å². The molecule has 4 heteroatoms. The fraction of sp³-hybridized carbons (Fsp3) is 0.600. The van der Waals surface area contributed by atoms with Gasteiger partial charge < -0.3 is 20.1 Å². The van der Waals surface area contributed by atoms with Crippen molar-refractivity contribution in [3.63, 3.8) is 0 Å². The van der Waals surface area contributed by atoms with E-state index >= 15 is 0 Å². The molecule has 1 aliphatic heterocycles. The smallest absolute Gasteiger partial charge is 0.119 e. The summed E-state index contributed by atoms with van der Waals surface area (Å²) in [5.41, 5.74) is 6.72. The fourth-order valence-corrected chi connectivity index (χ4v) is 2.43. The highest BCUT2D eigenvalue weighted by atomic mass is 16.5. The lowest BCUT2D eigenvalue weighted by molar-refractivity contribution is 0.107. The Bertz CT molecular complexity index is 384. The first-order chi connectivity index (χ1) is 9.31. The summed E-state index contributed by atoms with van der Waals surface area (Å²) in [5.74, 6) is 0.916. The Kier molecular flexibility index (Phi) is 5.63. The van der Waals surface area contributed by atoms with E-state index in [1.807, 2.05) is 24.3 Å². The molecule has 19 heavy (non-hydrogen) atoms. The van der Waals surface area contributed by atoms with Gasteiger partial charge in [-0.15, -0.1) is 0 Å². The Morgan fingerprint density at radius 2 is 2.32 bits per heavy atom. The lowest BCUT2D eigenvalue weighted by Gasteiger charge is -2.15. The standard InChI is InChI=1S/C15H24N2O2/c1-18-15-6-8-17(12-15)7-3-9-19-14-5-2-4-13(10-14)11-16/h2,4-5,10,15H,3,6-9,11-12,16H2,1H3. The van der Waals surface area contributed by atoms with E-state index in [2.05, 4.69) is 4.90 Å². The summed E-state index contributed by atoms with van der Waals surface area (Å²) in [7, 11) is 1.79. The Balaban J connectivity index is 1.64. The van der Waals surface area contributed by atoms with Crippen molar-refractivity contribution in [3.05, 3.63) is 29.8 Å². The Labute approximate surface area is 115 Å². The van der Waals surface area contributed by atoms with Gasteiger partial charge in [0.25, 0.3) is 0 Å². The van der Waals surface area contributed by atoms with Gasteiger partial charge >= 0.3 is 0 Å². The van der Waals surface area contributed by atoms with Crippen molar-refractivity contribution in [3.8, 4) is 5.75 Å². The molecule has 0 aliphatic carbocycles. The summed E-state index contributed by atoms with van der Waals surface area (Å²) in [5, 5.41) is 0. The maximum atomic E-state index is 5.75. The number of hydrogen-bond donors (Lipinski definition) is 1. The summed E-state index contributed by atoms with van der Waals surface area (Å²) in [6.45, 7) is 4.59. The number of rotatable bonds is 7. The van der Waals surface area contributed by atoms with Crippen molar-refractivity contribution in [2.75, 3.05) is 33.4 Å². The van der Waals surface area contributed by atoms with Crippen LogP contribution in [0.25, 0.3) is 0 Å². The molecule has 0 amide bonds. The second-order valence-electron chi connectivity index (χ2n) is 5.00. The summed E-state index contributed by atoms with van der Waals surface area (Å²) in [4.78, 5) is 2.44. The predicted molar refractivity (Wildman–Crippen MR) is 76.3 cm³/mol. The highest BCUT2D eigenvalue weighted by Gasteiger charge is 2.21.